The Balaban J connectivity index is 1.80. The minimum atomic E-state index is -2.69. The number of halogens is 2. The molecule has 7 N–H and O–H groups in total. The summed E-state index contributed by atoms with van der Waals surface area (Å²) in [7, 11) is 0. The van der Waals surface area contributed by atoms with E-state index in [1.807, 2.05) is 13.0 Å². The highest BCUT2D eigenvalue weighted by Crippen LogP contribution is 2.25. The standard InChI is InChI=1S/C20H26F2N6O2/c1-11-7-12(14(23)10-28(24)16-3-2-4-17(29)18(16)30)9-13(8-11)26-20-25-6-5-15(27-20)19(21)22/h5-10,16-19,29-30H,2-4,23-24H2,1H3,(H,25,26,27)/b14-10-. The minimum absolute atomic E-state index is 0.0478. The molecule has 1 aliphatic rings. The van der Waals surface area contributed by atoms with E-state index in [1.54, 1.807) is 12.1 Å². The number of hydrogen-bond acceptors (Lipinski definition) is 8. The number of rotatable bonds is 6. The summed E-state index contributed by atoms with van der Waals surface area (Å²) in [5.41, 5.74) is 8.28. The van der Waals surface area contributed by atoms with E-state index in [4.69, 9.17) is 11.6 Å². The summed E-state index contributed by atoms with van der Waals surface area (Å²) in [6.45, 7) is 1.86. The lowest BCUT2D eigenvalue weighted by molar-refractivity contribution is -0.0543. The van der Waals surface area contributed by atoms with Crippen molar-refractivity contribution in [2.75, 3.05) is 5.32 Å². The Kier molecular flexibility index (Phi) is 6.80. The Morgan fingerprint density at radius 1 is 1.30 bits per heavy atom. The molecule has 0 bridgehead atoms. The number of alkyl halides is 2. The molecule has 1 saturated carbocycles. The molecule has 1 heterocycles. The number of nitrogens with two attached hydrogens (primary N) is 2. The van der Waals surface area contributed by atoms with Gasteiger partial charge in [0.05, 0.1) is 17.8 Å². The van der Waals surface area contributed by atoms with E-state index in [0.29, 0.717) is 29.8 Å². The summed E-state index contributed by atoms with van der Waals surface area (Å²) in [5, 5.41) is 24.3. The normalized spacial score (nSPS) is 22.2. The van der Waals surface area contributed by atoms with Crippen LogP contribution in [0, 0.1) is 6.92 Å². The van der Waals surface area contributed by atoms with Crippen LogP contribution in [-0.2, 0) is 0 Å². The molecular formula is C20H26F2N6O2. The van der Waals surface area contributed by atoms with Gasteiger partial charge in [0.25, 0.3) is 6.43 Å². The highest BCUT2D eigenvalue weighted by atomic mass is 19.3. The van der Waals surface area contributed by atoms with E-state index in [2.05, 4.69) is 15.3 Å². The van der Waals surface area contributed by atoms with Crippen LogP contribution in [0.1, 0.15) is 42.5 Å². The van der Waals surface area contributed by atoms with E-state index in [9.17, 15) is 19.0 Å². The van der Waals surface area contributed by atoms with E-state index in [-0.39, 0.29) is 11.6 Å². The summed E-state index contributed by atoms with van der Waals surface area (Å²) >= 11 is 0. The number of benzene rings is 1. The van der Waals surface area contributed by atoms with Crippen molar-refractivity contribution in [3.8, 4) is 0 Å². The van der Waals surface area contributed by atoms with Gasteiger partial charge in [-0.2, -0.15) is 0 Å². The zero-order valence-electron chi connectivity index (χ0n) is 16.5. The number of hydrogen-bond donors (Lipinski definition) is 5. The topological polar surface area (TPSA) is 134 Å². The second-order valence-corrected chi connectivity index (χ2v) is 7.41. The van der Waals surface area contributed by atoms with Crippen molar-refractivity contribution < 1.29 is 19.0 Å². The summed E-state index contributed by atoms with van der Waals surface area (Å²) in [6, 6.07) is 6.08. The summed E-state index contributed by atoms with van der Waals surface area (Å²) in [6.07, 6.45) is 0.231. The van der Waals surface area contributed by atoms with Crippen LogP contribution in [-0.4, -0.2) is 43.4 Å². The molecule has 0 amide bonds. The zero-order chi connectivity index (χ0) is 21.8. The van der Waals surface area contributed by atoms with Gasteiger partial charge in [0.15, 0.2) is 0 Å². The van der Waals surface area contributed by atoms with Gasteiger partial charge < -0.3 is 26.3 Å². The lowest BCUT2D eigenvalue weighted by Crippen LogP contribution is -2.52. The van der Waals surface area contributed by atoms with Gasteiger partial charge in [-0.25, -0.2) is 24.6 Å². The van der Waals surface area contributed by atoms with Crippen LogP contribution in [0.5, 0.6) is 0 Å². The SMILES string of the molecule is Cc1cc(Nc2nccc(C(F)F)n2)cc(/C(N)=C/N(N)C2CCCC(O)C2O)c1. The van der Waals surface area contributed by atoms with Gasteiger partial charge in [0, 0.05) is 23.6 Å². The zero-order valence-corrected chi connectivity index (χ0v) is 16.5. The van der Waals surface area contributed by atoms with Crippen LogP contribution >= 0.6 is 0 Å². The smallest absolute Gasteiger partial charge is 0.280 e. The molecule has 1 aromatic heterocycles. The van der Waals surface area contributed by atoms with Gasteiger partial charge in [0.2, 0.25) is 5.95 Å². The fourth-order valence-corrected chi connectivity index (χ4v) is 3.50. The first-order chi connectivity index (χ1) is 14.2. The quantitative estimate of drug-likeness (QED) is 0.355. The second kappa shape index (κ2) is 9.33. The number of nitrogens with one attached hydrogen (secondary N) is 1. The summed E-state index contributed by atoms with van der Waals surface area (Å²) in [4.78, 5) is 7.76. The van der Waals surface area contributed by atoms with Crippen molar-refractivity contribution in [2.45, 2.75) is 50.9 Å². The molecule has 2 aromatic rings. The Hall–Kier alpha value is -2.82. The average Bonchev–Trinajstić information content (AvgIpc) is 2.69. The largest absolute Gasteiger partial charge is 0.397 e. The lowest BCUT2D eigenvalue weighted by atomic mass is 9.90. The number of aromatic nitrogens is 2. The Morgan fingerprint density at radius 2 is 2.07 bits per heavy atom. The number of aryl methyl sites for hydroxylation is 1. The number of hydrazine groups is 1. The number of anilines is 2. The van der Waals surface area contributed by atoms with Crippen molar-refractivity contribution in [1.29, 1.82) is 0 Å². The van der Waals surface area contributed by atoms with Gasteiger partial charge in [0.1, 0.15) is 11.8 Å². The Morgan fingerprint density at radius 3 is 2.80 bits per heavy atom. The van der Waals surface area contributed by atoms with Crippen molar-refractivity contribution >= 4 is 17.3 Å². The summed E-state index contributed by atoms with van der Waals surface area (Å²) < 4.78 is 25.7. The molecule has 3 rings (SSSR count). The molecule has 1 fully saturated rings. The van der Waals surface area contributed by atoms with Gasteiger partial charge in [-0.15, -0.1) is 0 Å². The third kappa shape index (κ3) is 5.21. The molecule has 30 heavy (non-hydrogen) atoms. The highest BCUT2D eigenvalue weighted by Gasteiger charge is 2.32. The van der Waals surface area contributed by atoms with Crippen LogP contribution in [0.2, 0.25) is 0 Å². The van der Waals surface area contributed by atoms with E-state index in [1.165, 1.54) is 17.4 Å². The third-order valence-electron chi connectivity index (χ3n) is 5.03. The van der Waals surface area contributed by atoms with Crippen molar-refractivity contribution in [3.05, 3.63) is 53.5 Å². The number of aliphatic hydroxyl groups is 2. The van der Waals surface area contributed by atoms with Crippen molar-refractivity contribution in [2.24, 2.45) is 11.6 Å². The Bertz CT molecular complexity index is 911. The number of nitrogens with zero attached hydrogens (tertiary/aromatic N) is 3. The maximum atomic E-state index is 12.9. The van der Waals surface area contributed by atoms with E-state index < -0.39 is 24.7 Å². The Labute approximate surface area is 173 Å². The van der Waals surface area contributed by atoms with Crippen molar-refractivity contribution in [1.82, 2.24) is 15.0 Å². The molecule has 1 aliphatic carbocycles. The number of aliphatic hydroxyl groups excluding tert-OH is 2. The van der Waals surface area contributed by atoms with E-state index in [0.717, 1.165) is 18.1 Å². The molecule has 0 radical (unpaired) electrons. The first-order valence-electron chi connectivity index (χ1n) is 9.61. The molecule has 0 aliphatic heterocycles. The molecule has 1 aromatic carbocycles. The molecule has 0 saturated heterocycles. The molecule has 162 valence electrons. The van der Waals surface area contributed by atoms with Crippen LogP contribution in [0.3, 0.4) is 0 Å². The first-order valence-corrected chi connectivity index (χ1v) is 9.61. The maximum Gasteiger partial charge on any atom is 0.280 e. The summed E-state index contributed by atoms with van der Waals surface area (Å²) in [5.74, 6) is 6.13. The fourth-order valence-electron chi connectivity index (χ4n) is 3.50. The van der Waals surface area contributed by atoms with Gasteiger partial charge in [-0.05, 0) is 56.0 Å². The monoisotopic (exact) mass is 420 g/mol. The van der Waals surface area contributed by atoms with Crippen LogP contribution in [0.15, 0.2) is 36.7 Å². The predicted octanol–water partition coefficient (Wildman–Crippen LogP) is 2.17. The highest BCUT2D eigenvalue weighted by molar-refractivity contribution is 5.69. The van der Waals surface area contributed by atoms with Gasteiger partial charge in [-0.3, -0.25) is 0 Å². The minimum Gasteiger partial charge on any atom is -0.397 e. The van der Waals surface area contributed by atoms with E-state index >= 15 is 0 Å². The van der Waals surface area contributed by atoms with Crippen LogP contribution in [0.4, 0.5) is 20.4 Å². The molecule has 3 unspecified atom stereocenters. The maximum absolute atomic E-state index is 12.9. The van der Waals surface area contributed by atoms with Gasteiger partial charge >= 0.3 is 0 Å². The van der Waals surface area contributed by atoms with Crippen molar-refractivity contribution in [3.63, 3.8) is 0 Å². The molecule has 8 nitrogen and oxygen atoms in total. The average molecular weight is 420 g/mol. The first kappa shape index (κ1) is 21.9. The molecule has 3 atom stereocenters. The molecular weight excluding hydrogens is 394 g/mol. The van der Waals surface area contributed by atoms with Gasteiger partial charge in [-0.1, -0.05) is 0 Å². The lowest BCUT2D eigenvalue weighted by Gasteiger charge is -2.36. The predicted molar refractivity (Wildman–Crippen MR) is 109 cm³/mol. The molecule has 10 heteroatoms. The third-order valence-corrected chi connectivity index (χ3v) is 5.03. The van der Waals surface area contributed by atoms with Crippen LogP contribution in [0.25, 0.3) is 5.70 Å². The molecule has 0 spiro atoms. The van der Waals surface area contributed by atoms with Crippen LogP contribution < -0.4 is 16.9 Å². The fraction of sp³-hybridized carbons (Fsp3) is 0.400. The second-order valence-electron chi connectivity index (χ2n) is 7.41.